The Bertz CT molecular complexity index is 1040. The number of aromatic nitrogens is 2. The first kappa shape index (κ1) is 21.5. The average molecular weight is 448 g/mol. The minimum Gasteiger partial charge on any atom is -0.448 e. The van der Waals surface area contributed by atoms with Crippen molar-refractivity contribution in [1.29, 1.82) is 0 Å². The molecule has 1 unspecified atom stereocenters. The van der Waals surface area contributed by atoms with Crippen LogP contribution in [0, 0.1) is 6.92 Å². The number of ether oxygens (including phenoxy) is 1. The molecule has 1 saturated heterocycles. The fourth-order valence-electron chi connectivity index (χ4n) is 3.39. The zero-order chi connectivity index (χ0) is 22.9. The first-order valence-electron chi connectivity index (χ1n) is 9.75. The predicted molar refractivity (Wildman–Crippen MR) is 106 cm³/mol. The van der Waals surface area contributed by atoms with Crippen molar-refractivity contribution in [3.8, 4) is 0 Å². The molecule has 1 aromatic carbocycles. The van der Waals surface area contributed by atoms with Gasteiger partial charge in [-0.3, -0.25) is 4.90 Å². The fraction of sp³-hybridized carbons (Fsp3) is 0.350. The number of carbonyl (C=O) groups is 2. The molecule has 0 spiro atoms. The van der Waals surface area contributed by atoms with Gasteiger partial charge >= 0.3 is 18.3 Å². The van der Waals surface area contributed by atoms with Gasteiger partial charge < -0.3 is 10.1 Å². The summed E-state index contributed by atoms with van der Waals surface area (Å²) in [6.45, 7) is 2.62. The lowest BCUT2D eigenvalue weighted by Gasteiger charge is -2.23. The number of aryl methyl sites for hydroxylation is 1. The van der Waals surface area contributed by atoms with Crippen molar-refractivity contribution in [2.45, 2.75) is 25.7 Å². The molecule has 2 aromatic rings. The monoisotopic (exact) mass is 448 g/mol. The zero-order valence-corrected chi connectivity index (χ0v) is 17.0. The molecular formula is C20H19F3N6O3. The third kappa shape index (κ3) is 4.48. The van der Waals surface area contributed by atoms with E-state index in [0.29, 0.717) is 17.8 Å². The van der Waals surface area contributed by atoms with E-state index in [1.807, 2.05) is 31.2 Å². The van der Waals surface area contributed by atoms with E-state index in [2.05, 4.69) is 20.4 Å². The van der Waals surface area contributed by atoms with Gasteiger partial charge in [0.25, 0.3) is 0 Å². The summed E-state index contributed by atoms with van der Waals surface area (Å²) in [6.07, 6.45) is -3.10. The van der Waals surface area contributed by atoms with Crippen LogP contribution in [-0.2, 0) is 17.5 Å². The van der Waals surface area contributed by atoms with Gasteiger partial charge in [-0.2, -0.15) is 18.3 Å². The Morgan fingerprint density at radius 3 is 2.50 bits per heavy atom. The molecule has 1 aromatic heterocycles. The molecule has 2 aliphatic rings. The summed E-state index contributed by atoms with van der Waals surface area (Å²) in [7, 11) is 0. The maximum atomic E-state index is 12.7. The van der Waals surface area contributed by atoms with Gasteiger partial charge in [0.05, 0.1) is 24.8 Å². The smallest absolute Gasteiger partial charge is 0.448 e. The minimum absolute atomic E-state index is 0.0840. The molecule has 1 fully saturated rings. The molecule has 32 heavy (non-hydrogen) atoms. The van der Waals surface area contributed by atoms with Crippen molar-refractivity contribution < 1.29 is 27.5 Å². The highest BCUT2D eigenvalue weighted by molar-refractivity contribution is 6.07. The Hall–Kier alpha value is -3.70. The maximum absolute atomic E-state index is 12.7. The number of amides is 3. The summed E-state index contributed by atoms with van der Waals surface area (Å²) in [5.41, 5.74) is 2.68. The number of halogens is 3. The van der Waals surface area contributed by atoms with E-state index < -0.39 is 30.2 Å². The highest BCUT2D eigenvalue weighted by Gasteiger charge is 2.40. The first-order valence-corrected chi connectivity index (χ1v) is 9.75. The standard InChI is InChI=1S/C20H19F3N6O3/c1-12-2-4-14(5-3-12)16-15(28-6-7-32-19(28)31)11-29(27-16)18(30)26-10-13-8-24-17(25-9-13)20(21,22)23/h2-5,8-9,15H,6-7,10-11H2,1H3,(H,26,30). The summed E-state index contributed by atoms with van der Waals surface area (Å²) in [6, 6.07) is 6.50. The maximum Gasteiger partial charge on any atom is 0.451 e. The van der Waals surface area contributed by atoms with Crippen LogP contribution in [0.2, 0.25) is 0 Å². The number of rotatable bonds is 4. The summed E-state index contributed by atoms with van der Waals surface area (Å²) in [5.74, 6) is -1.25. The van der Waals surface area contributed by atoms with Crippen LogP contribution in [0.15, 0.2) is 41.8 Å². The van der Waals surface area contributed by atoms with Gasteiger partial charge in [-0.15, -0.1) is 0 Å². The first-order chi connectivity index (χ1) is 15.2. The van der Waals surface area contributed by atoms with Gasteiger partial charge in [0.15, 0.2) is 0 Å². The predicted octanol–water partition coefficient (Wildman–Crippen LogP) is 2.55. The normalized spacial score (nSPS) is 18.6. The van der Waals surface area contributed by atoms with E-state index in [-0.39, 0.29) is 19.7 Å². The van der Waals surface area contributed by atoms with Gasteiger partial charge in [0.1, 0.15) is 6.61 Å². The Labute approximate surface area is 180 Å². The largest absolute Gasteiger partial charge is 0.451 e. The molecule has 1 N–H and O–H groups in total. The lowest BCUT2D eigenvalue weighted by Crippen LogP contribution is -2.45. The van der Waals surface area contributed by atoms with Crippen molar-refractivity contribution in [2.75, 3.05) is 19.7 Å². The molecule has 0 radical (unpaired) electrons. The zero-order valence-electron chi connectivity index (χ0n) is 17.0. The molecular weight excluding hydrogens is 429 g/mol. The highest BCUT2D eigenvalue weighted by Crippen LogP contribution is 2.25. The Morgan fingerprint density at radius 2 is 1.91 bits per heavy atom. The number of cyclic esters (lactones) is 1. The second-order valence-corrected chi connectivity index (χ2v) is 7.33. The summed E-state index contributed by atoms with van der Waals surface area (Å²) < 4.78 is 42.8. The average Bonchev–Trinajstić information content (AvgIpc) is 3.38. The molecule has 1 atom stereocenters. The number of urea groups is 1. The third-order valence-corrected chi connectivity index (χ3v) is 5.04. The lowest BCUT2D eigenvalue weighted by molar-refractivity contribution is -0.145. The van der Waals surface area contributed by atoms with Gasteiger partial charge in [0, 0.05) is 24.5 Å². The van der Waals surface area contributed by atoms with Crippen molar-refractivity contribution in [1.82, 2.24) is 25.2 Å². The molecule has 2 aliphatic heterocycles. The van der Waals surface area contributed by atoms with Crippen molar-refractivity contribution in [2.24, 2.45) is 5.10 Å². The van der Waals surface area contributed by atoms with Crippen molar-refractivity contribution >= 4 is 17.8 Å². The fourth-order valence-corrected chi connectivity index (χ4v) is 3.39. The van der Waals surface area contributed by atoms with Crippen LogP contribution in [0.1, 0.15) is 22.5 Å². The quantitative estimate of drug-likeness (QED) is 0.775. The van der Waals surface area contributed by atoms with Crippen molar-refractivity contribution in [3.05, 3.63) is 59.2 Å². The SMILES string of the molecule is Cc1ccc(C2=NN(C(=O)NCc3cnc(C(F)(F)F)nc3)CC2N2CCOC2=O)cc1. The van der Waals surface area contributed by atoms with E-state index in [4.69, 9.17) is 4.74 Å². The van der Waals surface area contributed by atoms with Crippen molar-refractivity contribution in [3.63, 3.8) is 0 Å². The Morgan fingerprint density at radius 1 is 1.22 bits per heavy atom. The molecule has 4 rings (SSSR count). The van der Waals surface area contributed by atoms with Crippen LogP contribution in [0.3, 0.4) is 0 Å². The van der Waals surface area contributed by atoms with Crippen LogP contribution < -0.4 is 5.32 Å². The van der Waals surface area contributed by atoms with Crippen LogP contribution in [0.4, 0.5) is 22.8 Å². The molecule has 3 heterocycles. The number of nitrogens with one attached hydrogen (secondary N) is 1. The molecule has 12 heteroatoms. The number of nitrogens with zero attached hydrogens (tertiary/aromatic N) is 5. The number of hydrazone groups is 1. The number of hydrogen-bond donors (Lipinski definition) is 1. The second kappa shape index (κ2) is 8.44. The lowest BCUT2D eigenvalue weighted by atomic mass is 10.0. The van der Waals surface area contributed by atoms with Crippen LogP contribution in [0.25, 0.3) is 0 Å². The van der Waals surface area contributed by atoms with Crippen LogP contribution >= 0.6 is 0 Å². The van der Waals surface area contributed by atoms with Gasteiger partial charge in [-0.05, 0) is 12.5 Å². The number of benzene rings is 1. The van der Waals surface area contributed by atoms with E-state index >= 15 is 0 Å². The number of alkyl halides is 3. The summed E-state index contributed by atoms with van der Waals surface area (Å²) in [5, 5.41) is 8.19. The molecule has 9 nitrogen and oxygen atoms in total. The third-order valence-electron chi connectivity index (χ3n) is 5.04. The topological polar surface area (TPSA) is 100 Å². The number of hydrogen-bond acceptors (Lipinski definition) is 6. The highest BCUT2D eigenvalue weighted by atomic mass is 19.4. The Balaban J connectivity index is 1.48. The van der Waals surface area contributed by atoms with Gasteiger partial charge in [-0.25, -0.2) is 24.6 Å². The second-order valence-electron chi connectivity index (χ2n) is 7.33. The molecule has 168 valence electrons. The van der Waals surface area contributed by atoms with Crippen LogP contribution in [-0.4, -0.2) is 63.5 Å². The summed E-state index contributed by atoms with van der Waals surface area (Å²) in [4.78, 5) is 32.8. The molecule has 0 saturated carbocycles. The Kier molecular flexibility index (Phi) is 5.68. The number of carbonyl (C=O) groups excluding carboxylic acids is 2. The molecule has 3 amide bonds. The summed E-state index contributed by atoms with van der Waals surface area (Å²) >= 11 is 0. The minimum atomic E-state index is -4.63. The van der Waals surface area contributed by atoms with E-state index in [9.17, 15) is 22.8 Å². The van der Waals surface area contributed by atoms with Crippen LogP contribution in [0.5, 0.6) is 0 Å². The van der Waals surface area contributed by atoms with E-state index in [1.54, 1.807) is 0 Å². The molecule has 0 aliphatic carbocycles. The van der Waals surface area contributed by atoms with Gasteiger partial charge in [0.2, 0.25) is 5.82 Å². The van der Waals surface area contributed by atoms with Gasteiger partial charge in [-0.1, -0.05) is 29.8 Å². The van der Waals surface area contributed by atoms with E-state index in [0.717, 1.165) is 23.5 Å². The van der Waals surface area contributed by atoms with E-state index in [1.165, 1.54) is 9.91 Å². The molecule has 0 bridgehead atoms.